The van der Waals surface area contributed by atoms with Crippen LogP contribution in [0.4, 0.5) is 0 Å². The average molecular weight is 371 g/mol. The third-order valence-corrected chi connectivity index (χ3v) is 7.25. The number of likely N-dealkylation sites (tertiary alicyclic amines) is 1. The minimum Gasteiger partial charge on any atom is -0.381 e. The molecule has 2 fully saturated rings. The Labute approximate surface area is 161 Å². The number of aromatic nitrogens is 1. The molecule has 4 rings (SSSR count). The van der Waals surface area contributed by atoms with Crippen LogP contribution in [0.5, 0.6) is 0 Å². The molecule has 26 heavy (non-hydrogen) atoms. The maximum Gasteiger partial charge on any atom is 0.0535 e. The highest BCUT2D eigenvalue weighted by atomic mass is 32.1. The zero-order valence-corrected chi connectivity index (χ0v) is 16.9. The average Bonchev–Trinajstić information content (AvgIpc) is 3.10. The van der Waals surface area contributed by atoms with E-state index in [0.717, 1.165) is 25.5 Å². The van der Waals surface area contributed by atoms with Crippen LogP contribution in [0.15, 0.2) is 35.8 Å². The third kappa shape index (κ3) is 3.60. The maximum atomic E-state index is 5.96. The quantitative estimate of drug-likeness (QED) is 0.667. The van der Waals surface area contributed by atoms with Crippen molar-refractivity contribution < 1.29 is 4.74 Å². The van der Waals surface area contributed by atoms with Gasteiger partial charge in [0.15, 0.2) is 0 Å². The molecule has 2 aliphatic rings. The Balaban J connectivity index is 1.48. The zero-order valence-electron chi connectivity index (χ0n) is 16.0. The van der Waals surface area contributed by atoms with Gasteiger partial charge in [-0.3, -0.25) is 9.88 Å². The molecule has 1 saturated carbocycles. The summed E-state index contributed by atoms with van der Waals surface area (Å²) in [5.41, 5.74) is 3.06. The molecule has 4 heteroatoms. The minimum absolute atomic E-state index is 0.248. The van der Waals surface area contributed by atoms with E-state index in [-0.39, 0.29) is 5.54 Å². The van der Waals surface area contributed by atoms with Gasteiger partial charge in [-0.2, -0.15) is 0 Å². The van der Waals surface area contributed by atoms with Crippen molar-refractivity contribution in [3.8, 4) is 0 Å². The van der Waals surface area contributed by atoms with E-state index in [9.17, 15) is 0 Å². The molecule has 0 unspecified atom stereocenters. The summed E-state index contributed by atoms with van der Waals surface area (Å²) in [4.78, 5) is 8.81. The van der Waals surface area contributed by atoms with Gasteiger partial charge in [0.2, 0.25) is 0 Å². The molecular weight excluding hydrogens is 340 g/mol. The van der Waals surface area contributed by atoms with Gasteiger partial charge in [0.05, 0.1) is 6.61 Å². The van der Waals surface area contributed by atoms with Crippen molar-refractivity contribution in [2.75, 3.05) is 26.3 Å². The van der Waals surface area contributed by atoms with E-state index in [0.29, 0.717) is 5.41 Å². The number of hydrogen-bond donors (Lipinski definition) is 0. The van der Waals surface area contributed by atoms with Crippen molar-refractivity contribution in [3.05, 3.63) is 52.0 Å². The Kier molecular flexibility index (Phi) is 5.18. The Morgan fingerprint density at radius 1 is 1.23 bits per heavy atom. The van der Waals surface area contributed by atoms with Crippen LogP contribution in [-0.2, 0) is 16.7 Å². The van der Waals surface area contributed by atoms with Crippen LogP contribution >= 0.6 is 11.3 Å². The van der Waals surface area contributed by atoms with Crippen molar-refractivity contribution in [2.24, 2.45) is 5.41 Å². The third-order valence-electron chi connectivity index (χ3n) is 6.31. The van der Waals surface area contributed by atoms with Crippen molar-refractivity contribution in [1.82, 2.24) is 9.88 Å². The molecule has 140 valence electrons. The normalized spacial score (nSPS) is 24.8. The highest BCUT2D eigenvalue weighted by Gasteiger charge is 2.54. The van der Waals surface area contributed by atoms with Crippen LogP contribution in [0, 0.1) is 12.3 Å². The first-order valence-electron chi connectivity index (χ1n) is 9.94. The predicted molar refractivity (Wildman–Crippen MR) is 108 cm³/mol. The largest absolute Gasteiger partial charge is 0.381 e. The summed E-state index contributed by atoms with van der Waals surface area (Å²) in [5.74, 6) is 0. The molecule has 1 aliphatic carbocycles. The second kappa shape index (κ2) is 7.41. The molecule has 3 nitrogen and oxygen atoms in total. The molecule has 2 aromatic heterocycles. The van der Waals surface area contributed by atoms with Crippen molar-refractivity contribution >= 4 is 11.3 Å². The molecule has 1 saturated heterocycles. The van der Waals surface area contributed by atoms with E-state index in [4.69, 9.17) is 4.74 Å². The lowest BCUT2D eigenvalue weighted by atomic mass is 9.83. The lowest BCUT2D eigenvalue weighted by Gasteiger charge is -2.33. The van der Waals surface area contributed by atoms with Gasteiger partial charge >= 0.3 is 0 Å². The standard InChI is InChI=1S/C22H30N2OS/c1-3-25-17-21(9-8-20-5-4-14-26-20)12-13-24(16-21)22(10-11-22)19-7-6-18(2)23-15-19/h4-7,14-15H,3,8-13,16-17H2,1-2H3/t21-/m1/s1. The van der Waals surface area contributed by atoms with Crippen LogP contribution < -0.4 is 0 Å². The van der Waals surface area contributed by atoms with Crippen molar-refractivity contribution in [1.29, 1.82) is 0 Å². The Hall–Kier alpha value is -1.23. The predicted octanol–water partition coefficient (Wildman–Crippen LogP) is 4.80. The van der Waals surface area contributed by atoms with Gasteiger partial charge in [0.25, 0.3) is 0 Å². The second-order valence-corrected chi connectivity index (χ2v) is 9.14. The number of pyridine rings is 1. The summed E-state index contributed by atoms with van der Waals surface area (Å²) in [6.45, 7) is 8.23. The Morgan fingerprint density at radius 3 is 2.77 bits per heavy atom. The maximum absolute atomic E-state index is 5.96. The Morgan fingerprint density at radius 2 is 2.12 bits per heavy atom. The molecular formula is C22H30N2OS. The number of ether oxygens (including phenoxy) is 1. The lowest BCUT2D eigenvalue weighted by molar-refractivity contribution is 0.0444. The molecule has 0 aromatic carbocycles. The van der Waals surface area contributed by atoms with Crippen LogP contribution in [0.1, 0.15) is 48.7 Å². The summed E-state index contributed by atoms with van der Waals surface area (Å²) in [6, 6.07) is 8.89. The molecule has 3 heterocycles. The molecule has 1 atom stereocenters. The first-order chi connectivity index (χ1) is 12.7. The molecule has 2 aromatic rings. The van der Waals surface area contributed by atoms with Gasteiger partial charge in [-0.1, -0.05) is 12.1 Å². The number of aryl methyl sites for hydroxylation is 2. The fourth-order valence-corrected chi connectivity index (χ4v) is 5.21. The van der Waals surface area contributed by atoms with Gasteiger partial charge < -0.3 is 4.74 Å². The van der Waals surface area contributed by atoms with Crippen LogP contribution in [-0.4, -0.2) is 36.2 Å². The van der Waals surface area contributed by atoms with Gasteiger partial charge in [-0.15, -0.1) is 11.3 Å². The number of thiophene rings is 1. The van der Waals surface area contributed by atoms with E-state index in [1.54, 1.807) is 0 Å². The van der Waals surface area contributed by atoms with Crippen molar-refractivity contribution in [3.63, 3.8) is 0 Å². The first-order valence-corrected chi connectivity index (χ1v) is 10.8. The zero-order chi connectivity index (χ0) is 18.0. The van der Waals surface area contributed by atoms with Crippen LogP contribution in [0.2, 0.25) is 0 Å². The Bertz CT molecular complexity index is 708. The van der Waals surface area contributed by atoms with Gasteiger partial charge in [0, 0.05) is 40.9 Å². The van der Waals surface area contributed by atoms with Crippen LogP contribution in [0.3, 0.4) is 0 Å². The summed E-state index contributed by atoms with van der Waals surface area (Å²) in [5, 5.41) is 2.19. The summed E-state index contributed by atoms with van der Waals surface area (Å²) < 4.78 is 5.96. The first kappa shape index (κ1) is 18.1. The molecule has 0 radical (unpaired) electrons. The van der Waals surface area contributed by atoms with E-state index in [1.807, 2.05) is 11.3 Å². The highest BCUT2D eigenvalue weighted by Crippen LogP contribution is 2.54. The molecule has 0 N–H and O–H groups in total. The van der Waals surface area contributed by atoms with Gasteiger partial charge in [0.1, 0.15) is 0 Å². The van der Waals surface area contributed by atoms with Gasteiger partial charge in [-0.05, 0) is 75.6 Å². The monoisotopic (exact) mass is 370 g/mol. The van der Waals surface area contributed by atoms with E-state index in [2.05, 4.69) is 59.6 Å². The van der Waals surface area contributed by atoms with E-state index < -0.39 is 0 Å². The smallest absolute Gasteiger partial charge is 0.0535 e. The lowest BCUT2D eigenvalue weighted by Crippen LogP contribution is -2.38. The SMILES string of the molecule is CCOC[C@]1(CCc2cccs2)CCN(C2(c3ccc(C)nc3)CC2)C1. The highest BCUT2D eigenvalue weighted by molar-refractivity contribution is 7.09. The molecule has 1 aliphatic heterocycles. The number of rotatable bonds is 8. The fraction of sp³-hybridized carbons (Fsp3) is 0.591. The number of hydrogen-bond acceptors (Lipinski definition) is 4. The summed E-state index contributed by atoms with van der Waals surface area (Å²) in [7, 11) is 0. The minimum atomic E-state index is 0.248. The molecule has 0 amide bonds. The summed E-state index contributed by atoms with van der Waals surface area (Å²) in [6.07, 6.45) is 8.31. The topological polar surface area (TPSA) is 25.4 Å². The summed E-state index contributed by atoms with van der Waals surface area (Å²) >= 11 is 1.88. The van der Waals surface area contributed by atoms with Crippen LogP contribution in [0.25, 0.3) is 0 Å². The second-order valence-electron chi connectivity index (χ2n) is 8.11. The fourth-order valence-electron chi connectivity index (χ4n) is 4.51. The van der Waals surface area contributed by atoms with E-state index >= 15 is 0 Å². The molecule has 0 bridgehead atoms. The molecule has 0 spiro atoms. The van der Waals surface area contributed by atoms with E-state index in [1.165, 1.54) is 49.1 Å². The number of nitrogens with zero attached hydrogens (tertiary/aromatic N) is 2. The van der Waals surface area contributed by atoms with Crippen molar-refractivity contribution in [2.45, 2.75) is 51.5 Å². The van der Waals surface area contributed by atoms with Gasteiger partial charge in [-0.25, -0.2) is 0 Å².